The van der Waals surface area contributed by atoms with Crippen LogP contribution in [0.1, 0.15) is 6.92 Å². The third-order valence-electron chi connectivity index (χ3n) is 1.83. The molecule has 0 aliphatic rings. The zero-order valence-corrected chi connectivity index (χ0v) is 8.94. The quantitative estimate of drug-likeness (QED) is 0.453. The van der Waals surface area contributed by atoms with Crippen molar-refractivity contribution in [3.05, 3.63) is 18.2 Å². The Morgan fingerprint density at radius 3 is 2.47 bits per heavy atom. The van der Waals surface area contributed by atoms with E-state index in [0.717, 1.165) is 0 Å². The molecule has 0 heterocycles. The highest BCUT2D eigenvalue weighted by molar-refractivity contribution is 5.81. The average molecular weight is 210 g/mol. The predicted molar refractivity (Wildman–Crippen MR) is 57.2 cm³/mol. The molecule has 0 fully saturated rings. The van der Waals surface area contributed by atoms with Gasteiger partial charge < -0.3 is 9.47 Å². The summed E-state index contributed by atoms with van der Waals surface area (Å²) in [6.07, 6.45) is 0. The van der Waals surface area contributed by atoms with Gasteiger partial charge in [0.2, 0.25) is 0 Å². The van der Waals surface area contributed by atoms with Gasteiger partial charge in [-0.2, -0.15) is 0 Å². The largest absolute Gasteiger partial charge is 0.493 e. The van der Waals surface area contributed by atoms with Crippen LogP contribution in [0.4, 0.5) is 5.69 Å². The molecule has 1 aromatic rings. The van der Waals surface area contributed by atoms with E-state index in [1.165, 1.54) is 0 Å². The molecule has 0 aromatic heterocycles. The molecular weight excluding hydrogens is 196 g/mol. The van der Waals surface area contributed by atoms with Crippen LogP contribution in [0.25, 0.3) is 0 Å². The van der Waals surface area contributed by atoms with Crippen LogP contribution in [0.15, 0.2) is 23.2 Å². The molecule has 0 aliphatic heterocycles. The molecule has 0 spiro atoms. The van der Waals surface area contributed by atoms with Gasteiger partial charge in [0.15, 0.2) is 11.5 Å². The highest BCUT2D eigenvalue weighted by Gasteiger charge is 2.03. The smallest absolute Gasteiger partial charge is 0.162 e. The van der Waals surface area contributed by atoms with Gasteiger partial charge in [0.1, 0.15) is 5.84 Å². The number of nitrogens with zero attached hydrogens (tertiary/aromatic N) is 1. The summed E-state index contributed by atoms with van der Waals surface area (Å²) in [5.41, 5.74) is 2.63. The first kappa shape index (κ1) is 11.3. The van der Waals surface area contributed by atoms with E-state index < -0.39 is 0 Å². The van der Waals surface area contributed by atoms with Gasteiger partial charge in [-0.1, -0.05) is 0 Å². The van der Waals surface area contributed by atoms with E-state index in [0.29, 0.717) is 23.0 Å². The molecule has 0 aliphatic carbocycles. The van der Waals surface area contributed by atoms with E-state index in [1.807, 2.05) is 5.48 Å². The molecule has 2 N–H and O–H groups in total. The zero-order valence-electron chi connectivity index (χ0n) is 8.94. The lowest BCUT2D eigenvalue weighted by atomic mass is 10.3. The number of hydrogen-bond acceptors (Lipinski definition) is 4. The summed E-state index contributed by atoms with van der Waals surface area (Å²) < 4.78 is 10.2. The summed E-state index contributed by atoms with van der Waals surface area (Å²) in [6, 6.07) is 5.24. The number of benzene rings is 1. The molecule has 1 aromatic carbocycles. The van der Waals surface area contributed by atoms with Gasteiger partial charge in [-0.15, -0.1) is 0 Å². The van der Waals surface area contributed by atoms with E-state index in [-0.39, 0.29) is 0 Å². The fraction of sp³-hybridized carbons (Fsp3) is 0.300. The Bertz CT molecular complexity index is 364. The van der Waals surface area contributed by atoms with Gasteiger partial charge in [0, 0.05) is 6.07 Å². The van der Waals surface area contributed by atoms with Crippen LogP contribution in [-0.2, 0) is 0 Å². The van der Waals surface area contributed by atoms with Gasteiger partial charge in [0.25, 0.3) is 0 Å². The Kier molecular flexibility index (Phi) is 3.93. The molecular formula is C10H14N2O3. The minimum atomic E-state index is 0.405. The lowest BCUT2D eigenvalue weighted by Crippen LogP contribution is -2.13. The minimum absolute atomic E-state index is 0.405. The summed E-state index contributed by atoms with van der Waals surface area (Å²) in [7, 11) is 3.13. The van der Waals surface area contributed by atoms with Crippen molar-refractivity contribution in [2.24, 2.45) is 4.99 Å². The second-order valence-electron chi connectivity index (χ2n) is 2.85. The van der Waals surface area contributed by atoms with E-state index in [2.05, 4.69) is 4.99 Å². The second kappa shape index (κ2) is 5.21. The number of hydrogen-bond donors (Lipinski definition) is 2. The number of rotatable bonds is 3. The predicted octanol–water partition coefficient (Wildman–Crippen LogP) is 1.73. The van der Waals surface area contributed by atoms with Crippen LogP contribution in [-0.4, -0.2) is 25.3 Å². The molecule has 0 saturated carbocycles. The highest BCUT2D eigenvalue weighted by Crippen LogP contribution is 2.30. The Morgan fingerprint density at radius 2 is 1.93 bits per heavy atom. The molecule has 0 amide bonds. The summed E-state index contributed by atoms with van der Waals surface area (Å²) in [4.78, 5) is 4.08. The maximum Gasteiger partial charge on any atom is 0.162 e. The Labute approximate surface area is 88.3 Å². The minimum Gasteiger partial charge on any atom is -0.493 e. The van der Waals surface area contributed by atoms with Gasteiger partial charge in [-0.25, -0.2) is 4.99 Å². The lowest BCUT2D eigenvalue weighted by Gasteiger charge is -2.07. The Balaban J connectivity index is 3.03. The first-order valence-electron chi connectivity index (χ1n) is 4.38. The topological polar surface area (TPSA) is 63.1 Å². The van der Waals surface area contributed by atoms with Crippen molar-refractivity contribution in [2.75, 3.05) is 14.2 Å². The lowest BCUT2D eigenvalue weighted by molar-refractivity contribution is 0.234. The number of ether oxygens (including phenoxy) is 2. The van der Waals surface area contributed by atoms with Crippen molar-refractivity contribution < 1.29 is 14.7 Å². The van der Waals surface area contributed by atoms with Crippen LogP contribution >= 0.6 is 0 Å². The summed E-state index contributed by atoms with van der Waals surface area (Å²) in [5.74, 6) is 1.65. The van der Waals surface area contributed by atoms with E-state index in [9.17, 15) is 0 Å². The first-order chi connectivity index (χ1) is 7.21. The Hall–Kier alpha value is -1.75. The van der Waals surface area contributed by atoms with Crippen molar-refractivity contribution in [2.45, 2.75) is 6.92 Å². The van der Waals surface area contributed by atoms with Crippen molar-refractivity contribution in [3.63, 3.8) is 0 Å². The van der Waals surface area contributed by atoms with Crippen LogP contribution in [0, 0.1) is 0 Å². The van der Waals surface area contributed by atoms with Gasteiger partial charge in [0.05, 0.1) is 19.9 Å². The van der Waals surface area contributed by atoms with E-state index in [4.69, 9.17) is 14.7 Å². The van der Waals surface area contributed by atoms with Crippen LogP contribution in [0.2, 0.25) is 0 Å². The number of amidine groups is 1. The third kappa shape index (κ3) is 2.85. The van der Waals surface area contributed by atoms with Gasteiger partial charge in [-0.3, -0.25) is 10.7 Å². The maximum atomic E-state index is 8.59. The fourth-order valence-electron chi connectivity index (χ4n) is 1.11. The summed E-state index contributed by atoms with van der Waals surface area (Å²) in [6.45, 7) is 1.65. The molecule has 5 heteroatoms. The molecule has 5 nitrogen and oxygen atoms in total. The molecule has 82 valence electrons. The van der Waals surface area contributed by atoms with Gasteiger partial charge in [-0.05, 0) is 19.1 Å². The molecule has 0 bridgehead atoms. The fourth-order valence-corrected chi connectivity index (χ4v) is 1.11. The normalized spacial score (nSPS) is 11.1. The van der Waals surface area contributed by atoms with E-state index >= 15 is 0 Å². The number of hydroxylamine groups is 1. The summed E-state index contributed by atoms with van der Waals surface area (Å²) >= 11 is 0. The van der Waals surface area contributed by atoms with Crippen molar-refractivity contribution >= 4 is 11.5 Å². The zero-order chi connectivity index (χ0) is 11.3. The van der Waals surface area contributed by atoms with Crippen LogP contribution in [0.5, 0.6) is 11.5 Å². The molecule has 0 unspecified atom stereocenters. The molecule has 0 saturated heterocycles. The second-order valence-corrected chi connectivity index (χ2v) is 2.85. The van der Waals surface area contributed by atoms with Crippen molar-refractivity contribution in [1.29, 1.82) is 0 Å². The SMILES string of the molecule is COc1ccc(N=C(C)NO)cc1OC. The number of nitrogens with one attached hydrogen (secondary N) is 1. The van der Waals surface area contributed by atoms with Crippen molar-refractivity contribution in [1.82, 2.24) is 5.48 Å². The van der Waals surface area contributed by atoms with Crippen molar-refractivity contribution in [3.8, 4) is 11.5 Å². The number of methoxy groups -OCH3 is 2. The maximum absolute atomic E-state index is 8.59. The average Bonchev–Trinajstić information content (AvgIpc) is 2.28. The van der Waals surface area contributed by atoms with Crippen LogP contribution < -0.4 is 15.0 Å². The molecule has 0 radical (unpaired) electrons. The Morgan fingerprint density at radius 1 is 1.27 bits per heavy atom. The van der Waals surface area contributed by atoms with E-state index in [1.54, 1.807) is 39.3 Å². The van der Waals surface area contributed by atoms with Crippen LogP contribution in [0.3, 0.4) is 0 Å². The molecule has 1 rings (SSSR count). The number of aliphatic imine (C=N–C) groups is 1. The highest BCUT2D eigenvalue weighted by atomic mass is 16.5. The monoisotopic (exact) mass is 210 g/mol. The van der Waals surface area contributed by atoms with Gasteiger partial charge >= 0.3 is 0 Å². The molecule has 15 heavy (non-hydrogen) atoms. The summed E-state index contributed by atoms with van der Waals surface area (Å²) in [5, 5.41) is 8.59. The standard InChI is InChI=1S/C10H14N2O3/c1-7(12-13)11-8-4-5-9(14-2)10(6-8)15-3/h4-6,13H,1-3H3,(H,11,12). The first-order valence-corrected chi connectivity index (χ1v) is 4.38. The molecule has 0 atom stereocenters. The third-order valence-corrected chi connectivity index (χ3v) is 1.83.